The monoisotopic (exact) mass is 372 g/mol. The van der Waals surface area contributed by atoms with E-state index < -0.39 is 0 Å². The zero-order valence-corrected chi connectivity index (χ0v) is 14.2. The molecule has 3 unspecified atom stereocenters. The largest absolute Gasteiger partial charge is 0.486 e. The van der Waals surface area contributed by atoms with E-state index in [0.717, 1.165) is 17.5 Å². The Bertz CT molecular complexity index is 513. The minimum atomic E-state index is -0.0119. The number of halogens is 2. The Kier molecular flexibility index (Phi) is 2.88. The molecule has 3 atom stereocenters. The average molecular weight is 374 g/mol. The Hall–Kier alpha value is -0.0200. The van der Waals surface area contributed by atoms with Crippen LogP contribution in [0.25, 0.3) is 0 Å². The second-order valence-electron chi connectivity index (χ2n) is 6.04. The SMILES string of the molecule is Cc1cc2c(cc1Br)C1(C)CCC(CBr)(O2)C1C. The van der Waals surface area contributed by atoms with Crippen LogP contribution in [-0.4, -0.2) is 10.9 Å². The molecular formula is C15H18Br2O. The molecule has 2 bridgehead atoms. The normalized spacial score (nSPS) is 37.3. The fraction of sp³-hybridized carbons (Fsp3) is 0.600. The Morgan fingerprint density at radius 1 is 1.39 bits per heavy atom. The summed E-state index contributed by atoms with van der Waals surface area (Å²) < 4.78 is 7.60. The van der Waals surface area contributed by atoms with Gasteiger partial charge in [0.15, 0.2) is 0 Å². The minimum Gasteiger partial charge on any atom is -0.486 e. The van der Waals surface area contributed by atoms with Crippen LogP contribution in [0.3, 0.4) is 0 Å². The third-order valence-electron chi connectivity index (χ3n) is 5.23. The van der Waals surface area contributed by atoms with Gasteiger partial charge in [-0.2, -0.15) is 0 Å². The van der Waals surface area contributed by atoms with Gasteiger partial charge in [-0.25, -0.2) is 0 Å². The summed E-state index contributed by atoms with van der Waals surface area (Å²) in [4.78, 5) is 0. The molecule has 1 saturated carbocycles. The summed E-state index contributed by atoms with van der Waals surface area (Å²) in [6.45, 7) is 6.85. The van der Waals surface area contributed by atoms with Crippen LogP contribution in [0.5, 0.6) is 5.75 Å². The van der Waals surface area contributed by atoms with E-state index in [-0.39, 0.29) is 11.0 Å². The molecule has 0 saturated heterocycles. The summed E-state index contributed by atoms with van der Waals surface area (Å²) in [6.07, 6.45) is 2.35. The molecule has 1 heterocycles. The van der Waals surface area contributed by atoms with E-state index in [1.807, 2.05) is 0 Å². The van der Waals surface area contributed by atoms with Gasteiger partial charge in [0.1, 0.15) is 11.4 Å². The van der Waals surface area contributed by atoms with Crippen molar-refractivity contribution in [2.24, 2.45) is 5.92 Å². The molecule has 1 aromatic carbocycles. The number of hydrogen-bond donors (Lipinski definition) is 0. The summed E-state index contributed by atoms with van der Waals surface area (Å²) in [5.41, 5.74) is 2.86. The highest BCUT2D eigenvalue weighted by molar-refractivity contribution is 9.10. The van der Waals surface area contributed by atoms with E-state index in [0.29, 0.717) is 5.92 Å². The van der Waals surface area contributed by atoms with E-state index in [4.69, 9.17) is 4.74 Å². The minimum absolute atomic E-state index is 0.0119. The number of rotatable bonds is 1. The quantitative estimate of drug-likeness (QED) is 0.631. The lowest BCUT2D eigenvalue weighted by molar-refractivity contribution is 0.0271. The highest BCUT2D eigenvalue weighted by Gasteiger charge is 2.58. The second kappa shape index (κ2) is 3.99. The first kappa shape index (κ1) is 13.0. The molecule has 0 radical (unpaired) electrons. The maximum Gasteiger partial charge on any atom is 0.124 e. The molecule has 0 aromatic heterocycles. The molecule has 3 rings (SSSR count). The number of fused-ring (bicyclic) bond motifs is 4. The molecule has 3 heteroatoms. The number of hydrogen-bond acceptors (Lipinski definition) is 1. The van der Waals surface area contributed by atoms with Crippen LogP contribution in [0.2, 0.25) is 0 Å². The third kappa shape index (κ3) is 1.49. The summed E-state index contributed by atoms with van der Waals surface area (Å²) in [6, 6.07) is 4.46. The van der Waals surface area contributed by atoms with Crippen LogP contribution < -0.4 is 4.74 Å². The van der Waals surface area contributed by atoms with Crippen molar-refractivity contribution in [3.8, 4) is 5.75 Å². The number of alkyl halides is 1. The first-order valence-electron chi connectivity index (χ1n) is 6.48. The Labute approximate surface area is 126 Å². The van der Waals surface area contributed by atoms with Gasteiger partial charge in [-0.15, -0.1) is 0 Å². The van der Waals surface area contributed by atoms with Crippen molar-refractivity contribution in [2.45, 2.75) is 44.6 Å². The first-order valence-corrected chi connectivity index (χ1v) is 8.40. The van der Waals surface area contributed by atoms with E-state index >= 15 is 0 Å². The number of benzene rings is 1. The molecule has 1 nitrogen and oxygen atoms in total. The molecule has 1 aliphatic carbocycles. The highest BCUT2D eigenvalue weighted by atomic mass is 79.9. The van der Waals surface area contributed by atoms with Gasteiger partial charge in [-0.3, -0.25) is 0 Å². The van der Waals surface area contributed by atoms with Crippen LogP contribution in [0.4, 0.5) is 0 Å². The van der Waals surface area contributed by atoms with Gasteiger partial charge in [0.05, 0.1) is 0 Å². The number of aryl methyl sites for hydroxylation is 1. The van der Waals surface area contributed by atoms with Crippen LogP contribution in [0, 0.1) is 12.8 Å². The van der Waals surface area contributed by atoms with Gasteiger partial charge in [-0.1, -0.05) is 45.7 Å². The van der Waals surface area contributed by atoms with E-state index in [1.165, 1.54) is 22.0 Å². The molecule has 98 valence electrons. The van der Waals surface area contributed by atoms with Crippen LogP contribution in [-0.2, 0) is 5.41 Å². The Morgan fingerprint density at radius 2 is 2.11 bits per heavy atom. The lowest BCUT2D eigenvalue weighted by atomic mass is 9.70. The molecule has 0 N–H and O–H groups in total. The van der Waals surface area contributed by atoms with E-state index in [2.05, 4.69) is 64.8 Å². The van der Waals surface area contributed by atoms with Crippen LogP contribution in [0.1, 0.15) is 37.8 Å². The van der Waals surface area contributed by atoms with Crippen molar-refractivity contribution in [1.82, 2.24) is 0 Å². The number of ether oxygens (including phenoxy) is 1. The van der Waals surface area contributed by atoms with Gasteiger partial charge < -0.3 is 4.74 Å². The predicted molar refractivity (Wildman–Crippen MR) is 81.8 cm³/mol. The van der Waals surface area contributed by atoms with E-state index in [1.54, 1.807) is 0 Å². The summed E-state index contributed by atoms with van der Waals surface area (Å²) in [5, 5.41) is 0.922. The van der Waals surface area contributed by atoms with Crippen molar-refractivity contribution in [2.75, 3.05) is 5.33 Å². The molecule has 1 aromatic rings. The maximum atomic E-state index is 6.41. The lowest BCUT2D eigenvalue weighted by Crippen LogP contribution is -2.49. The van der Waals surface area contributed by atoms with Gasteiger partial charge in [-0.05, 0) is 37.5 Å². The Balaban J connectivity index is 2.22. The van der Waals surface area contributed by atoms with Crippen LogP contribution in [0.15, 0.2) is 16.6 Å². The average Bonchev–Trinajstić information content (AvgIpc) is 2.52. The first-order chi connectivity index (χ1) is 8.43. The lowest BCUT2D eigenvalue weighted by Gasteiger charge is -2.45. The molecule has 18 heavy (non-hydrogen) atoms. The van der Waals surface area contributed by atoms with Crippen molar-refractivity contribution in [1.29, 1.82) is 0 Å². The summed E-state index contributed by atoms with van der Waals surface area (Å²) in [7, 11) is 0. The van der Waals surface area contributed by atoms with Gasteiger partial charge in [0, 0.05) is 26.7 Å². The van der Waals surface area contributed by atoms with Crippen molar-refractivity contribution in [3.05, 3.63) is 27.7 Å². The molecule has 2 aliphatic rings. The van der Waals surface area contributed by atoms with E-state index in [9.17, 15) is 0 Å². The standard InChI is InChI=1S/C15H18Br2O/c1-9-6-13-11(7-12(9)17)14(3)4-5-15(8-16,18-13)10(14)2/h6-7,10H,4-5,8H2,1-3H3. The fourth-order valence-electron chi connectivity index (χ4n) is 3.61. The molecular weight excluding hydrogens is 356 g/mol. The fourth-order valence-corrected chi connectivity index (χ4v) is 4.83. The van der Waals surface area contributed by atoms with Gasteiger partial charge >= 0.3 is 0 Å². The molecule has 1 aliphatic heterocycles. The molecule has 0 amide bonds. The zero-order chi connectivity index (χ0) is 13.1. The van der Waals surface area contributed by atoms with Gasteiger partial charge in [0.2, 0.25) is 0 Å². The third-order valence-corrected chi connectivity index (χ3v) is 7.03. The highest BCUT2D eigenvalue weighted by Crippen LogP contribution is 2.59. The summed E-state index contributed by atoms with van der Waals surface area (Å²) in [5.74, 6) is 1.64. The second-order valence-corrected chi connectivity index (χ2v) is 7.45. The summed E-state index contributed by atoms with van der Waals surface area (Å²) >= 11 is 7.32. The Morgan fingerprint density at radius 3 is 2.78 bits per heavy atom. The van der Waals surface area contributed by atoms with Crippen molar-refractivity contribution in [3.63, 3.8) is 0 Å². The predicted octanol–water partition coefficient (Wildman–Crippen LogP) is 4.97. The zero-order valence-electron chi connectivity index (χ0n) is 11.0. The van der Waals surface area contributed by atoms with Crippen molar-refractivity contribution < 1.29 is 4.74 Å². The smallest absolute Gasteiger partial charge is 0.124 e. The topological polar surface area (TPSA) is 9.23 Å². The molecule has 1 fully saturated rings. The van der Waals surface area contributed by atoms with Crippen molar-refractivity contribution >= 4 is 31.9 Å². The van der Waals surface area contributed by atoms with Gasteiger partial charge in [0.25, 0.3) is 0 Å². The van der Waals surface area contributed by atoms with Crippen LogP contribution >= 0.6 is 31.9 Å². The maximum absolute atomic E-state index is 6.41. The molecule has 0 spiro atoms.